The first-order chi connectivity index (χ1) is 9.76. The predicted octanol–water partition coefficient (Wildman–Crippen LogP) is 2.99. The number of methoxy groups -OCH3 is 1. The summed E-state index contributed by atoms with van der Waals surface area (Å²) in [4.78, 5) is 4.58. The Morgan fingerprint density at radius 1 is 1.40 bits per heavy atom. The number of nitrogens with one attached hydrogen (secondary N) is 1. The van der Waals surface area contributed by atoms with E-state index in [0.717, 1.165) is 27.9 Å². The molecule has 0 aliphatic carbocycles. The summed E-state index contributed by atoms with van der Waals surface area (Å²) in [6.45, 7) is 3.00. The summed E-state index contributed by atoms with van der Waals surface area (Å²) in [6.07, 6.45) is 0. The van der Waals surface area contributed by atoms with Gasteiger partial charge < -0.3 is 19.5 Å². The number of benzene rings is 1. The van der Waals surface area contributed by atoms with Crippen LogP contribution >= 0.6 is 11.3 Å². The van der Waals surface area contributed by atoms with E-state index in [0.29, 0.717) is 6.61 Å². The molecule has 1 atom stereocenters. The van der Waals surface area contributed by atoms with Gasteiger partial charge in [-0.3, -0.25) is 0 Å². The van der Waals surface area contributed by atoms with Crippen molar-refractivity contribution in [2.45, 2.75) is 13.0 Å². The normalized spacial score (nSPS) is 14.3. The van der Waals surface area contributed by atoms with Crippen LogP contribution in [0, 0.1) is 0 Å². The third-order valence-corrected chi connectivity index (χ3v) is 3.73. The molecule has 0 spiro atoms. The lowest BCUT2D eigenvalue weighted by Crippen LogP contribution is -2.20. The molecular weight excluding hydrogens is 276 g/mol. The molecule has 106 valence electrons. The van der Waals surface area contributed by atoms with E-state index in [1.165, 1.54) is 0 Å². The Hall–Kier alpha value is -1.79. The minimum Gasteiger partial charge on any atom is -0.454 e. The fourth-order valence-corrected chi connectivity index (χ4v) is 2.86. The number of nitrogens with zero attached hydrogens (tertiary/aromatic N) is 1. The molecule has 1 aliphatic heterocycles. The van der Waals surface area contributed by atoms with Crippen molar-refractivity contribution >= 4 is 16.5 Å². The minimum absolute atomic E-state index is 0.232. The van der Waals surface area contributed by atoms with Crippen molar-refractivity contribution in [2.75, 3.05) is 25.8 Å². The van der Waals surface area contributed by atoms with Crippen molar-refractivity contribution in [3.05, 3.63) is 23.6 Å². The van der Waals surface area contributed by atoms with Crippen molar-refractivity contribution in [3.63, 3.8) is 0 Å². The smallest absolute Gasteiger partial charge is 0.231 e. The van der Waals surface area contributed by atoms with Crippen LogP contribution in [0.2, 0.25) is 0 Å². The van der Waals surface area contributed by atoms with Crippen LogP contribution in [0.25, 0.3) is 11.3 Å². The van der Waals surface area contributed by atoms with Gasteiger partial charge in [0.1, 0.15) is 0 Å². The number of ether oxygens (including phenoxy) is 3. The number of hydrogen-bond acceptors (Lipinski definition) is 6. The monoisotopic (exact) mass is 292 g/mol. The topological polar surface area (TPSA) is 52.6 Å². The first-order valence-electron chi connectivity index (χ1n) is 6.37. The van der Waals surface area contributed by atoms with Crippen molar-refractivity contribution in [1.82, 2.24) is 4.98 Å². The summed E-state index contributed by atoms with van der Waals surface area (Å²) in [6, 6.07) is 6.10. The lowest BCUT2D eigenvalue weighted by Gasteiger charge is -2.10. The van der Waals surface area contributed by atoms with E-state index in [4.69, 9.17) is 14.2 Å². The fraction of sp³-hybridized carbons (Fsp3) is 0.357. The Labute approximate surface area is 121 Å². The van der Waals surface area contributed by atoms with Crippen molar-refractivity contribution in [2.24, 2.45) is 0 Å². The van der Waals surface area contributed by atoms with Crippen LogP contribution in [-0.4, -0.2) is 31.5 Å². The van der Waals surface area contributed by atoms with Crippen LogP contribution in [0.15, 0.2) is 23.6 Å². The third kappa shape index (κ3) is 2.71. The van der Waals surface area contributed by atoms with Crippen LogP contribution < -0.4 is 14.8 Å². The Morgan fingerprint density at radius 3 is 3.10 bits per heavy atom. The molecule has 0 radical (unpaired) electrons. The summed E-state index contributed by atoms with van der Waals surface area (Å²) in [5, 5.41) is 6.23. The number of anilines is 1. The van der Waals surface area contributed by atoms with Crippen molar-refractivity contribution < 1.29 is 14.2 Å². The molecule has 0 saturated heterocycles. The van der Waals surface area contributed by atoms with Crippen LogP contribution in [0.1, 0.15) is 6.92 Å². The van der Waals surface area contributed by atoms with E-state index in [-0.39, 0.29) is 12.8 Å². The molecular formula is C14H16N2O3S. The van der Waals surface area contributed by atoms with Crippen LogP contribution in [0.5, 0.6) is 11.5 Å². The maximum Gasteiger partial charge on any atom is 0.231 e. The summed E-state index contributed by atoms with van der Waals surface area (Å²) >= 11 is 1.58. The summed E-state index contributed by atoms with van der Waals surface area (Å²) in [5.41, 5.74) is 1.96. The zero-order valence-electron chi connectivity index (χ0n) is 11.4. The number of hydrogen-bond donors (Lipinski definition) is 1. The maximum absolute atomic E-state index is 5.39. The molecule has 0 bridgehead atoms. The molecule has 6 heteroatoms. The van der Waals surface area contributed by atoms with Gasteiger partial charge in [0.25, 0.3) is 0 Å². The van der Waals surface area contributed by atoms with Gasteiger partial charge in [-0.25, -0.2) is 4.98 Å². The Balaban J connectivity index is 1.76. The first kappa shape index (κ1) is 13.2. The van der Waals surface area contributed by atoms with E-state index in [1.807, 2.05) is 23.6 Å². The van der Waals surface area contributed by atoms with Crippen molar-refractivity contribution in [3.8, 4) is 22.8 Å². The highest BCUT2D eigenvalue weighted by Gasteiger charge is 2.15. The van der Waals surface area contributed by atoms with Gasteiger partial charge in [0.15, 0.2) is 16.6 Å². The molecule has 0 unspecified atom stereocenters. The number of rotatable bonds is 5. The van der Waals surface area contributed by atoms with Crippen LogP contribution in [0.4, 0.5) is 5.13 Å². The van der Waals surface area contributed by atoms with Crippen molar-refractivity contribution in [1.29, 1.82) is 0 Å². The molecule has 0 amide bonds. The number of aromatic nitrogens is 1. The average Bonchev–Trinajstić information content (AvgIpc) is 3.06. The number of fused-ring (bicyclic) bond motifs is 1. The second kappa shape index (κ2) is 5.68. The zero-order valence-corrected chi connectivity index (χ0v) is 12.2. The SMILES string of the molecule is COC[C@H](C)Nc1nc(-c2ccc3c(c2)OCO3)cs1. The fourth-order valence-electron chi connectivity index (χ4n) is 2.03. The molecule has 20 heavy (non-hydrogen) atoms. The highest BCUT2D eigenvalue weighted by atomic mass is 32.1. The average molecular weight is 292 g/mol. The summed E-state index contributed by atoms with van der Waals surface area (Å²) < 4.78 is 15.8. The Bertz CT molecular complexity index is 600. The van der Waals surface area contributed by atoms with Gasteiger partial charge in [0, 0.05) is 24.1 Å². The lowest BCUT2D eigenvalue weighted by molar-refractivity contribution is 0.174. The van der Waals surface area contributed by atoms with Gasteiger partial charge >= 0.3 is 0 Å². The molecule has 5 nitrogen and oxygen atoms in total. The van der Waals surface area contributed by atoms with Gasteiger partial charge in [0.2, 0.25) is 6.79 Å². The van der Waals surface area contributed by atoms with E-state index in [1.54, 1.807) is 18.4 Å². The standard InChI is InChI=1S/C14H16N2O3S/c1-9(6-17-2)15-14-16-11(7-20-14)10-3-4-12-13(5-10)19-8-18-12/h3-5,7,9H,6,8H2,1-2H3,(H,15,16)/t9-/m0/s1. The van der Waals surface area contributed by atoms with Gasteiger partial charge in [-0.2, -0.15) is 0 Å². The molecule has 3 rings (SSSR count). The second-order valence-corrected chi connectivity index (χ2v) is 5.46. The molecule has 0 fully saturated rings. The lowest BCUT2D eigenvalue weighted by atomic mass is 10.1. The molecule has 1 aromatic heterocycles. The van der Waals surface area contributed by atoms with Gasteiger partial charge in [0.05, 0.1) is 12.3 Å². The van der Waals surface area contributed by atoms with Crippen LogP contribution in [0.3, 0.4) is 0 Å². The van der Waals surface area contributed by atoms with E-state index >= 15 is 0 Å². The molecule has 2 heterocycles. The second-order valence-electron chi connectivity index (χ2n) is 4.61. The largest absolute Gasteiger partial charge is 0.454 e. The Kier molecular flexibility index (Phi) is 3.75. The quantitative estimate of drug-likeness (QED) is 0.918. The van der Waals surface area contributed by atoms with Gasteiger partial charge in [-0.15, -0.1) is 11.3 Å². The van der Waals surface area contributed by atoms with Crippen LogP contribution in [-0.2, 0) is 4.74 Å². The van der Waals surface area contributed by atoms with Gasteiger partial charge in [-0.1, -0.05) is 0 Å². The molecule has 1 aromatic carbocycles. The maximum atomic E-state index is 5.39. The van der Waals surface area contributed by atoms with E-state index < -0.39 is 0 Å². The summed E-state index contributed by atoms with van der Waals surface area (Å²) in [5.74, 6) is 1.56. The molecule has 2 aromatic rings. The highest BCUT2D eigenvalue weighted by molar-refractivity contribution is 7.14. The van der Waals surface area contributed by atoms with Gasteiger partial charge in [-0.05, 0) is 25.1 Å². The third-order valence-electron chi connectivity index (χ3n) is 2.96. The van der Waals surface area contributed by atoms with E-state index in [9.17, 15) is 0 Å². The molecule has 1 aliphatic rings. The van der Waals surface area contributed by atoms with E-state index in [2.05, 4.69) is 17.2 Å². The minimum atomic E-state index is 0.232. The first-order valence-corrected chi connectivity index (χ1v) is 7.25. The molecule has 1 N–H and O–H groups in total. The highest BCUT2D eigenvalue weighted by Crippen LogP contribution is 2.36. The molecule has 0 saturated carbocycles. The predicted molar refractivity (Wildman–Crippen MR) is 78.6 cm³/mol. The number of thiazole rings is 1. The zero-order chi connectivity index (χ0) is 13.9. The Morgan fingerprint density at radius 2 is 2.25 bits per heavy atom. The summed E-state index contributed by atoms with van der Waals surface area (Å²) in [7, 11) is 1.69.